The van der Waals surface area contributed by atoms with Gasteiger partial charge in [-0.05, 0) is 31.5 Å². The highest BCUT2D eigenvalue weighted by atomic mass is 35.5. The molecule has 0 atom stereocenters. The number of benzene rings is 1. The quantitative estimate of drug-likeness (QED) is 0.677. The molecule has 1 aromatic heterocycles. The van der Waals surface area contributed by atoms with Gasteiger partial charge in [-0.15, -0.1) is 0 Å². The van der Waals surface area contributed by atoms with Crippen LogP contribution < -0.4 is 10.6 Å². The molecule has 8 heteroatoms. The summed E-state index contributed by atoms with van der Waals surface area (Å²) < 4.78 is 39.5. The Bertz CT molecular complexity index is 704. The molecule has 2 N–H and O–H groups in total. The van der Waals surface area contributed by atoms with Crippen LogP contribution in [0.3, 0.4) is 0 Å². The summed E-state index contributed by atoms with van der Waals surface area (Å²) >= 11 is 5.68. The van der Waals surface area contributed by atoms with Crippen LogP contribution in [0.25, 0.3) is 0 Å². The number of aromatic nitrogens is 2. The Morgan fingerprint density at radius 1 is 1.17 bits per heavy atom. The van der Waals surface area contributed by atoms with E-state index in [0.29, 0.717) is 18.2 Å². The van der Waals surface area contributed by atoms with Gasteiger partial charge in [-0.3, -0.25) is 0 Å². The molecule has 0 unspecified atom stereocenters. The van der Waals surface area contributed by atoms with E-state index in [4.69, 9.17) is 11.6 Å². The normalized spacial score (nSPS) is 11.4. The van der Waals surface area contributed by atoms with Crippen LogP contribution in [-0.4, -0.2) is 16.5 Å². The van der Waals surface area contributed by atoms with E-state index in [1.165, 1.54) is 12.1 Å². The van der Waals surface area contributed by atoms with Crippen molar-refractivity contribution in [1.29, 1.82) is 0 Å². The van der Waals surface area contributed by atoms with Crippen molar-refractivity contribution in [3.8, 4) is 0 Å². The van der Waals surface area contributed by atoms with Crippen LogP contribution >= 0.6 is 11.6 Å². The second-order valence-electron chi connectivity index (χ2n) is 5.31. The monoisotopic (exact) mass is 358 g/mol. The van der Waals surface area contributed by atoms with Crippen molar-refractivity contribution in [3.63, 3.8) is 0 Å². The third-order valence-corrected chi connectivity index (χ3v) is 3.45. The van der Waals surface area contributed by atoms with Crippen molar-refractivity contribution in [1.82, 2.24) is 9.97 Å². The van der Waals surface area contributed by atoms with Gasteiger partial charge in [-0.25, -0.2) is 4.98 Å². The van der Waals surface area contributed by atoms with E-state index in [-0.39, 0.29) is 16.5 Å². The third-order valence-electron chi connectivity index (χ3n) is 3.22. The van der Waals surface area contributed by atoms with E-state index < -0.39 is 11.7 Å². The molecule has 0 spiro atoms. The van der Waals surface area contributed by atoms with Crippen LogP contribution in [0.5, 0.6) is 0 Å². The second-order valence-corrected chi connectivity index (χ2v) is 5.75. The summed E-state index contributed by atoms with van der Waals surface area (Å²) in [5.41, 5.74) is -0.301. The summed E-state index contributed by atoms with van der Waals surface area (Å²) in [5, 5.41) is 5.79. The van der Waals surface area contributed by atoms with Crippen LogP contribution in [0.15, 0.2) is 24.3 Å². The molecule has 0 aliphatic heterocycles. The minimum absolute atomic E-state index is 0.0219. The number of unbranched alkanes of at least 4 members (excludes halogenated alkanes) is 1. The highest BCUT2D eigenvalue weighted by Gasteiger charge is 2.34. The largest absolute Gasteiger partial charge is 0.418 e. The number of hydrogen-bond donors (Lipinski definition) is 2. The summed E-state index contributed by atoms with van der Waals surface area (Å²) in [4.78, 5) is 8.44. The smallest absolute Gasteiger partial charge is 0.354 e. The van der Waals surface area contributed by atoms with Gasteiger partial charge < -0.3 is 10.6 Å². The maximum absolute atomic E-state index is 13.2. The Balaban J connectivity index is 2.28. The maximum atomic E-state index is 13.2. The average molecular weight is 359 g/mol. The Morgan fingerprint density at radius 3 is 2.58 bits per heavy atom. The van der Waals surface area contributed by atoms with E-state index in [1.54, 1.807) is 13.0 Å². The highest BCUT2D eigenvalue weighted by Crippen LogP contribution is 2.37. The van der Waals surface area contributed by atoms with Crippen molar-refractivity contribution >= 4 is 29.1 Å². The predicted octanol–water partition coefficient (Wildman–Crippen LogP) is 5.41. The minimum atomic E-state index is -4.52. The zero-order valence-electron chi connectivity index (χ0n) is 13.3. The molecule has 2 aromatic rings. The molecule has 0 radical (unpaired) electrons. The van der Waals surface area contributed by atoms with Gasteiger partial charge in [0.15, 0.2) is 0 Å². The van der Waals surface area contributed by atoms with Gasteiger partial charge in [-0.2, -0.15) is 18.2 Å². The first kappa shape index (κ1) is 18.3. The van der Waals surface area contributed by atoms with Gasteiger partial charge >= 0.3 is 6.18 Å². The topological polar surface area (TPSA) is 49.8 Å². The van der Waals surface area contributed by atoms with E-state index in [0.717, 1.165) is 18.9 Å². The molecular weight excluding hydrogens is 341 g/mol. The lowest BCUT2D eigenvalue weighted by Crippen LogP contribution is -2.11. The summed E-state index contributed by atoms with van der Waals surface area (Å²) in [7, 11) is 0. The lowest BCUT2D eigenvalue weighted by molar-refractivity contribution is -0.136. The van der Waals surface area contributed by atoms with Gasteiger partial charge in [0.25, 0.3) is 0 Å². The van der Waals surface area contributed by atoms with E-state index in [1.807, 2.05) is 0 Å². The zero-order chi connectivity index (χ0) is 17.7. The summed E-state index contributed by atoms with van der Waals surface area (Å²) in [6, 6.07) is 5.15. The van der Waals surface area contributed by atoms with Crippen LogP contribution in [0, 0.1) is 6.92 Å². The number of hydrogen-bond acceptors (Lipinski definition) is 4. The second kappa shape index (κ2) is 7.70. The molecule has 0 aliphatic carbocycles. The van der Waals surface area contributed by atoms with Gasteiger partial charge in [0.2, 0.25) is 5.95 Å². The lowest BCUT2D eigenvalue weighted by Gasteiger charge is -2.15. The number of aryl methyl sites for hydroxylation is 1. The molecule has 130 valence electrons. The number of anilines is 3. The first-order valence-electron chi connectivity index (χ1n) is 7.53. The minimum Gasteiger partial charge on any atom is -0.354 e. The van der Waals surface area contributed by atoms with Crippen molar-refractivity contribution < 1.29 is 13.2 Å². The van der Waals surface area contributed by atoms with Crippen LogP contribution in [-0.2, 0) is 6.18 Å². The van der Waals surface area contributed by atoms with Gasteiger partial charge in [0.1, 0.15) is 5.82 Å². The van der Waals surface area contributed by atoms with Crippen molar-refractivity contribution in [2.75, 3.05) is 17.2 Å². The molecule has 0 saturated carbocycles. The number of alkyl halides is 3. The molecule has 0 aliphatic rings. The highest BCUT2D eigenvalue weighted by molar-refractivity contribution is 6.30. The molecule has 1 heterocycles. The predicted molar refractivity (Wildman–Crippen MR) is 89.9 cm³/mol. The average Bonchev–Trinajstić information content (AvgIpc) is 2.48. The molecule has 0 bridgehead atoms. The molecule has 1 aromatic carbocycles. The molecule has 24 heavy (non-hydrogen) atoms. The van der Waals surface area contributed by atoms with Crippen LogP contribution in [0.1, 0.15) is 31.0 Å². The first-order valence-corrected chi connectivity index (χ1v) is 7.90. The van der Waals surface area contributed by atoms with Crippen LogP contribution in [0.4, 0.5) is 30.6 Å². The van der Waals surface area contributed by atoms with Crippen molar-refractivity contribution in [3.05, 3.63) is 40.5 Å². The molecule has 0 amide bonds. The lowest BCUT2D eigenvalue weighted by atomic mass is 10.1. The Morgan fingerprint density at radius 2 is 1.92 bits per heavy atom. The molecule has 2 rings (SSSR count). The number of nitrogens with one attached hydrogen (secondary N) is 2. The molecule has 0 fully saturated rings. The van der Waals surface area contributed by atoms with Crippen molar-refractivity contribution in [2.45, 2.75) is 32.9 Å². The number of halogens is 4. The van der Waals surface area contributed by atoms with E-state index in [9.17, 15) is 13.2 Å². The molecule has 4 nitrogen and oxygen atoms in total. The number of nitrogens with zero attached hydrogens (tertiary/aromatic N) is 2. The Kier molecular flexibility index (Phi) is 5.88. The fourth-order valence-electron chi connectivity index (χ4n) is 2.09. The van der Waals surface area contributed by atoms with Gasteiger partial charge in [-0.1, -0.05) is 24.9 Å². The SMILES string of the molecule is CCCCNc1nc(C)cc(Nc2ccc(Cl)cc2C(F)(F)F)n1. The Hall–Kier alpha value is -2.02. The molecule has 0 saturated heterocycles. The maximum Gasteiger partial charge on any atom is 0.418 e. The Labute approximate surface area is 143 Å². The van der Waals surface area contributed by atoms with E-state index in [2.05, 4.69) is 27.5 Å². The fraction of sp³-hybridized carbons (Fsp3) is 0.375. The fourth-order valence-corrected chi connectivity index (χ4v) is 2.26. The van der Waals surface area contributed by atoms with Crippen LogP contribution in [0.2, 0.25) is 5.02 Å². The first-order chi connectivity index (χ1) is 11.3. The van der Waals surface area contributed by atoms with E-state index >= 15 is 0 Å². The number of rotatable bonds is 6. The third kappa shape index (κ3) is 4.99. The van der Waals surface area contributed by atoms with Gasteiger partial charge in [0, 0.05) is 23.3 Å². The summed E-state index contributed by atoms with van der Waals surface area (Å²) in [5.74, 6) is 0.669. The summed E-state index contributed by atoms with van der Waals surface area (Å²) in [6.07, 6.45) is -2.55. The molecular formula is C16H18ClF3N4. The standard InChI is InChI=1S/C16H18ClF3N4/c1-3-4-7-21-15-22-10(2)8-14(24-15)23-13-6-5-11(17)9-12(13)16(18,19)20/h5-6,8-9H,3-4,7H2,1-2H3,(H2,21,22,23,24). The summed E-state index contributed by atoms with van der Waals surface area (Å²) in [6.45, 7) is 4.52. The zero-order valence-corrected chi connectivity index (χ0v) is 14.1. The van der Waals surface area contributed by atoms with Gasteiger partial charge in [0.05, 0.1) is 11.3 Å². The van der Waals surface area contributed by atoms with Crippen molar-refractivity contribution in [2.24, 2.45) is 0 Å².